The summed E-state index contributed by atoms with van der Waals surface area (Å²) in [6.45, 7) is 1.84. The van der Waals surface area contributed by atoms with Gasteiger partial charge in [-0.25, -0.2) is 0 Å². The third-order valence-electron chi connectivity index (χ3n) is 3.79. The normalized spacial score (nSPS) is 12.1. The third-order valence-corrected chi connectivity index (χ3v) is 3.79. The quantitative estimate of drug-likeness (QED) is 0.687. The van der Waals surface area contributed by atoms with E-state index in [0.29, 0.717) is 0 Å². The molecule has 7 heteroatoms. The van der Waals surface area contributed by atoms with E-state index in [1.165, 1.54) is 4.57 Å². The zero-order valence-corrected chi connectivity index (χ0v) is 13.2. The second-order valence-corrected chi connectivity index (χ2v) is 5.49. The number of rotatable bonds is 5. The van der Waals surface area contributed by atoms with Crippen LogP contribution in [-0.4, -0.2) is 9.55 Å². The molecule has 1 atom stereocenters. The molecule has 0 radical (unpaired) electrons. The summed E-state index contributed by atoms with van der Waals surface area (Å²) in [5.74, 6) is 0. The first-order valence-electron chi connectivity index (χ1n) is 7.42. The highest BCUT2D eigenvalue weighted by Crippen LogP contribution is 2.23. The average Bonchev–Trinajstić information content (AvgIpc) is 2.61. The van der Waals surface area contributed by atoms with Crippen LogP contribution >= 0.6 is 0 Å². The molecule has 0 aliphatic rings. The number of nitrogens with one attached hydrogen (secondary N) is 2. The molecule has 122 valence electrons. The van der Waals surface area contributed by atoms with E-state index in [-0.39, 0.29) is 28.7 Å². The van der Waals surface area contributed by atoms with Crippen molar-refractivity contribution in [3.63, 3.8) is 0 Å². The Morgan fingerprint density at radius 1 is 1.04 bits per heavy atom. The summed E-state index contributed by atoms with van der Waals surface area (Å²) in [6.07, 6.45) is 3.26. The summed E-state index contributed by atoms with van der Waals surface area (Å²) in [6, 6.07) is 8.45. The van der Waals surface area contributed by atoms with Crippen LogP contribution in [0.5, 0.6) is 0 Å². The van der Waals surface area contributed by atoms with E-state index in [1.54, 1.807) is 37.6 Å². The van der Waals surface area contributed by atoms with E-state index in [2.05, 4.69) is 15.6 Å². The Bertz CT molecular complexity index is 1000. The Morgan fingerprint density at radius 3 is 2.50 bits per heavy atom. The van der Waals surface area contributed by atoms with E-state index in [4.69, 9.17) is 0 Å². The third kappa shape index (κ3) is 2.71. The number of nitrogens with zero attached hydrogens (tertiary/aromatic N) is 2. The zero-order valence-electron chi connectivity index (χ0n) is 13.2. The van der Waals surface area contributed by atoms with Gasteiger partial charge in [-0.1, -0.05) is 6.07 Å². The standard InChI is InChI=1S/C17H16N4O3/c1-10(11-6-3-4-8-18-11)19-13-14(16(23)15(13)22)20-12-7-5-9-21(2)17(12)24/h3-10,19-20H,1-2H3. The highest BCUT2D eigenvalue weighted by molar-refractivity contribution is 5.78. The topological polar surface area (TPSA) is 93.1 Å². The fourth-order valence-electron chi connectivity index (χ4n) is 2.40. The van der Waals surface area contributed by atoms with Crippen molar-refractivity contribution in [2.45, 2.75) is 13.0 Å². The van der Waals surface area contributed by atoms with Crippen LogP contribution < -0.4 is 27.1 Å². The molecule has 0 spiro atoms. The van der Waals surface area contributed by atoms with E-state index in [9.17, 15) is 14.4 Å². The highest BCUT2D eigenvalue weighted by atomic mass is 16.2. The summed E-state index contributed by atoms with van der Waals surface area (Å²) < 4.78 is 1.39. The van der Waals surface area contributed by atoms with E-state index < -0.39 is 10.9 Å². The molecule has 7 nitrogen and oxygen atoms in total. The number of aromatic nitrogens is 2. The molecule has 0 fully saturated rings. The molecule has 0 aliphatic carbocycles. The first-order valence-corrected chi connectivity index (χ1v) is 7.42. The van der Waals surface area contributed by atoms with Crippen molar-refractivity contribution in [1.29, 1.82) is 0 Å². The monoisotopic (exact) mass is 324 g/mol. The van der Waals surface area contributed by atoms with Crippen molar-refractivity contribution in [3.05, 3.63) is 79.2 Å². The molecule has 0 saturated carbocycles. The van der Waals surface area contributed by atoms with Crippen LogP contribution in [0.3, 0.4) is 0 Å². The molecule has 1 unspecified atom stereocenters. The van der Waals surface area contributed by atoms with Gasteiger partial charge in [0.05, 0.1) is 11.7 Å². The van der Waals surface area contributed by atoms with Crippen molar-refractivity contribution in [2.75, 3.05) is 10.6 Å². The van der Waals surface area contributed by atoms with Crippen LogP contribution in [0, 0.1) is 0 Å². The Hall–Kier alpha value is -3.22. The predicted molar refractivity (Wildman–Crippen MR) is 92.6 cm³/mol. The summed E-state index contributed by atoms with van der Waals surface area (Å²) in [5, 5.41) is 5.76. The lowest BCUT2D eigenvalue weighted by molar-refractivity contribution is 0.835. The Balaban J connectivity index is 1.88. The zero-order chi connectivity index (χ0) is 17.3. The van der Waals surface area contributed by atoms with E-state index in [1.807, 2.05) is 19.1 Å². The highest BCUT2D eigenvalue weighted by Gasteiger charge is 2.23. The first kappa shape index (κ1) is 15.7. The van der Waals surface area contributed by atoms with Gasteiger partial charge in [-0.2, -0.15) is 0 Å². The molecular formula is C17H16N4O3. The van der Waals surface area contributed by atoms with E-state index >= 15 is 0 Å². The second-order valence-electron chi connectivity index (χ2n) is 5.49. The fraction of sp³-hybridized carbons (Fsp3) is 0.176. The molecule has 2 N–H and O–H groups in total. The van der Waals surface area contributed by atoms with Crippen LogP contribution in [-0.2, 0) is 7.05 Å². The molecule has 2 aromatic heterocycles. The van der Waals surface area contributed by atoms with Gasteiger partial charge in [0, 0.05) is 19.4 Å². The summed E-state index contributed by atoms with van der Waals surface area (Å²) in [4.78, 5) is 40.0. The molecular weight excluding hydrogens is 308 g/mol. The number of pyridine rings is 2. The molecule has 2 heterocycles. The molecule has 0 saturated heterocycles. The minimum Gasteiger partial charge on any atom is -0.372 e. The minimum atomic E-state index is -0.642. The number of hydrogen-bond donors (Lipinski definition) is 2. The maximum atomic E-state index is 12.0. The molecule has 0 aliphatic heterocycles. The van der Waals surface area contributed by atoms with Crippen molar-refractivity contribution >= 4 is 17.1 Å². The van der Waals surface area contributed by atoms with Crippen LogP contribution in [0.4, 0.5) is 17.1 Å². The van der Waals surface area contributed by atoms with E-state index in [0.717, 1.165) is 5.69 Å². The van der Waals surface area contributed by atoms with Gasteiger partial charge in [-0.3, -0.25) is 19.4 Å². The molecule has 0 amide bonds. The number of aryl methyl sites for hydroxylation is 1. The smallest absolute Gasteiger partial charge is 0.273 e. The van der Waals surface area contributed by atoms with Gasteiger partial charge in [-0.15, -0.1) is 0 Å². The lowest BCUT2D eigenvalue weighted by Gasteiger charge is -2.19. The fourth-order valence-corrected chi connectivity index (χ4v) is 2.40. The van der Waals surface area contributed by atoms with Crippen molar-refractivity contribution < 1.29 is 0 Å². The van der Waals surface area contributed by atoms with Crippen LogP contribution in [0.1, 0.15) is 18.7 Å². The van der Waals surface area contributed by atoms with Gasteiger partial charge in [0.2, 0.25) is 0 Å². The van der Waals surface area contributed by atoms with Crippen LogP contribution in [0.2, 0.25) is 0 Å². The maximum absolute atomic E-state index is 12.0. The predicted octanol–water partition coefficient (Wildman–Crippen LogP) is 1.29. The minimum absolute atomic E-state index is 0.103. The molecule has 1 aromatic carbocycles. The molecule has 24 heavy (non-hydrogen) atoms. The largest absolute Gasteiger partial charge is 0.372 e. The van der Waals surface area contributed by atoms with Gasteiger partial charge in [-0.05, 0) is 31.2 Å². The first-order chi connectivity index (χ1) is 11.5. The number of hydrogen-bond acceptors (Lipinski definition) is 6. The Labute approximate surface area is 137 Å². The second kappa shape index (κ2) is 6.11. The van der Waals surface area contributed by atoms with Gasteiger partial charge < -0.3 is 15.2 Å². The Kier molecular flexibility index (Phi) is 3.99. The number of anilines is 3. The lowest BCUT2D eigenvalue weighted by Crippen LogP contribution is -2.38. The lowest BCUT2D eigenvalue weighted by atomic mass is 10.1. The Morgan fingerprint density at radius 2 is 1.79 bits per heavy atom. The summed E-state index contributed by atoms with van der Waals surface area (Å²) in [7, 11) is 1.61. The van der Waals surface area contributed by atoms with Crippen molar-refractivity contribution in [2.24, 2.45) is 7.05 Å². The summed E-state index contributed by atoms with van der Waals surface area (Å²) in [5.41, 5.74) is -0.276. The average molecular weight is 324 g/mol. The van der Waals surface area contributed by atoms with Gasteiger partial charge in [0.1, 0.15) is 17.1 Å². The molecule has 3 rings (SSSR count). The van der Waals surface area contributed by atoms with Gasteiger partial charge in [0.15, 0.2) is 0 Å². The van der Waals surface area contributed by atoms with Crippen molar-refractivity contribution in [3.8, 4) is 0 Å². The van der Waals surface area contributed by atoms with Gasteiger partial charge in [0.25, 0.3) is 16.4 Å². The maximum Gasteiger partial charge on any atom is 0.273 e. The van der Waals surface area contributed by atoms with Crippen LogP contribution in [0.25, 0.3) is 0 Å². The molecule has 0 bridgehead atoms. The van der Waals surface area contributed by atoms with Crippen LogP contribution in [0.15, 0.2) is 57.1 Å². The SMILES string of the molecule is CC(Nc1c(Nc2cccn(C)c2=O)c(=O)c1=O)c1ccccn1. The van der Waals surface area contributed by atoms with Gasteiger partial charge >= 0.3 is 0 Å². The molecule has 3 aromatic rings. The summed E-state index contributed by atoms with van der Waals surface area (Å²) >= 11 is 0. The van der Waals surface area contributed by atoms with Crippen molar-refractivity contribution in [1.82, 2.24) is 9.55 Å².